The fourth-order valence-corrected chi connectivity index (χ4v) is 4.00. The van der Waals surface area contributed by atoms with Gasteiger partial charge in [-0.25, -0.2) is 0 Å². The summed E-state index contributed by atoms with van der Waals surface area (Å²) in [5.74, 6) is 0.248. The largest absolute Gasteiger partial charge is 0.378 e. The Kier molecular flexibility index (Phi) is 5.27. The Morgan fingerprint density at radius 3 is 3.00 bits per heavy atom. The van der Waals surface area contributed by atoms with Crippen molar-refractivity contribution < 1.29 is 9.53 Å². The molecule has 1 atom stereocenters. The van der Waals surface area contributed by atoms with E-state index in [-0.39, 0.29) is 5.91 Å². The van der Waals surface area contributed by atoms with Gasteiger partial charge in [0.15, 0.2) is 0 Å². The van der Waals surface area contributed by atoms with Crippen LogP contribution >= 0.6 is 11.3 Å². The fourth-order valence-electron chi connectivity index (χ4n) is 3.29. The number of hydrogen-bond acceptors (Lipinski definition) is 4. The van der Waals surface area contributed by atoms with Crippen molar-refractivity contribution in [3.05, 3.63) is 22.4 Å². The number of hydrogen-bond donors (Lipinski definition) is 1. The average Bonchev–Trinajstić information content (AvgIpc) is 3.19. The first-order chi connectivity index (χ1) is 10.3. The maximum atomic E-state index is 12.4. The van der Waals surface area contributed by atoms with Gasteiger partial charge in [0.25, 0.3) is 0 Å². The zero-order chi connectivity index (χ0) is 14.5. The predicted octanol–water partition coefficient (Wildman–Crippen LogP) is 2.57. The molecule has 1 unspecified atom stereocenters. The molecule has 3 rings (SSSR count). The standard InChI is InChI=1S/C16H24N2O2S/c19-16(5-10-20-14-3-7-17-8-4-14)18-9-1-2-15(18)13-6-11-21-12-13/h6,11-12,14-15,17H,1-5,7-10H2. The number of nitrogens with one attached hydrogen (secondary N) is 1. The normalized spacial score (nSPS) is 23.6. The second-order valence-corrected chi connectivity index (χ2v) is 6.65. The van der Waals surface area contributed by atoms with Crippen molar-refractivity contribution in [3.63, 3.8) is 0 Å². The van der Waals surface area contributed by atoms with Gasteiger partial charge >= 0.3 is 0 Å². The van der Waals surface area contributed by atoms with Crippen LogP contribution in [-0.4, -0.2) is 43.2 Å². The molecule has 1 aromatic heterocycles. The summed E-state index contributed by atoms with van der Waals surface area (Å²) in [4.78, 5) is 14.5. The summed E-state index contributed by atoms with van der Waals surface area (Å²) < 4.78 is 5.85. The average molecular weight is 308 g/mol. The molecule has 2 fully saturated rings. The Balaban J connectivity index is 1.46. The van der Waals surface area contributed by atoms with Gasteiger partial charge in [-0.15, -0.1) is 0 Å². The molecule has 116 valence electrons. The Morgan fingerprint density at radius 1 is 1.38 bits per heavy atom. The summed E-state index contributed by atoms with van der Waals surface area (Å²) in [5.41, 5.74) is 1.30. The first-order valence-electron chi connectivity index (χ1n) is 7.98. The zero-order valence-corrected chi connectivity index (χ0v) is 13.2. The summed E-state index contributed by atoms with van der Waals surface area (Å²) in [7, 11) is 0. The molecule has 2 aliphatic heterocycles. The van der Waals surface area contributed by atoms with Crippen LogP contribution in [0.25, 0.3) is 0 Å². The van der Waals surface area contributed by atoms with Crippen molar-refractivity contribution >= 4 is 17.2 Å². The van der Waals surface area contributed by atoms with E-state index >= 15 is 0 Å². The third kappa shape index (κ3) is 3.84. The zero-order valence-electron chi connectivity index (χ0n) is 12.4. The number of thiophene rings is 1. The van der Waals surface area contributed by atoms with Gasteiger partial charge < -0.3 is 15.0 Å². The summed E-state index contributed by atoms with van der Waals surface area (Å²) >= 11 is 1.71. The van der Waals surface area contributed by atoms with E-state index in [1.54, 1.807) is 11.3 Å². The lowest BCUT2D eigenvalue weighted by Crippen LogP contribution is -2.34. The number of carbonyl (C=O) groups is 1. The van der Waals surface area contributed by atoms with E-state index in [0.717, 1.165) is 45.3 Å². The minimum Gasteiger partial charge on any atom is -0.378 e. The van der Waals surface area contributed by atoms with Crippen molar-refractivity contribution in [3.8, 4) is 0 Å². The Morgan fingerprint density at radius 2 is 2.24 bits per heavy atom. The fraction of sp³-hybridized carbons (Fsp3) is 0.688. The predicted molar refractivity (Wildman–Crippen MR) is 84.5 cm³/mol. The minimum atomic E-state index is 0.248. The van der Waals surface area contributed by atoms with E-state index in [4.69, 9.17) is 4.74 Å². The lowest BCUT2D eigenvalue weighted by Gasteiger charge is -2.26. The van der Waals surface area contributed by atoms with Gasteiger partial charge in [0.05, 0.1) is 25.2 Å². The van der Waals surface area contributed by atoms with Crippen LogP contribution in [0.15, 0.2) is 16.8 Å². The number of piperidine rings is 1. The molecule has 0 spiro atoms. The molecule has 1 aromatic rings. The number of ether oxygens (including phenoxy) is 1. The minimum absolute atomic E-state index is 0.248. The quantitative estimate of drug-likeness (QED) is 0.909. The molecular formula is C16H24N2O2S. The van der Waals surface area contributed by atoms with Gasteiger partial charge in [-0.2, -0.15) is 11.3 Å². The molecule has 0 aliphatic carbocycles. The Hall–Kier alpha value is -0.910. The number of carbonyl (C=O) groups excluding carboxylic acids is 1. The van der Waals surface area contributed by atoms with Gasteiger partial charge in [0, 0.05) is 6.54 Å². The van der Waals surface area contributed by atoms with Crippen molar-refractivity contribution in [1.82, 2.24) is 10.2 Å². The Labute approximate surface area is 130 Å². The van der Waals surface area contributed by atoms with E-state index in [0.29, 0.717) is 25.2 Å². The molecule has 2 aliphatic rings. The van der Waals surface area contributed by atoms with Crippen LogP contribution in [0.5, 0.6) is 0 Å². The topological polar surface area (TPSA) is 41.6 Å². The molecular weight excluding hydrogens is 284 g/mol. The molecule has 2 saturated heterocycles. The van der Waals surface area contributed by atoms with E-state index in [1.807, 2.05) is 4.90 Å². The Bertz CT molecular complexity index is 443. The third-order valence-corrected chi connectivity index (χ3v) is 5.16. The maximum absolute atomic E-state index is 12.4. The summed E-state index contributed by atoms with van der Waals surface area (Å²) in [6.07, 6.45) is 5.19. The lowest BCUT2D eigenvalue weighted by atomic mass is 10.1. The van der Waals surface area contributed by atoms with Crippen LogP contribution in [0.3, 0.4) is 0 Å². The second kappa shape index (κ2) is 7.38. The molecule has 0 aromatic carbocycles. The summed E-state index contributed by atoms with van der Waals surface area (Å²) in [6, 6.07) is 2.44. The highest BCUT2D eigenvalue weighted by molar-refractivity contribution is 7.07. The molecule has 4 nitrogen and oxygen atoms in total. The molecule has 5 heteroatoms. The number of nitrogens with zero attached hydrogens (tertiary/aromatic N) is 1. The molecule has 0 radical (unpaired) electrons. The molecule has 3 heterocycles. The van der Waals surface area contributed by atoms with E-state index in [9.17, 15) is 4.79 Å². The van der Waals surface area contributed by atoms with Gasteiger partial charge in [0.2, 0.25) is 5.91 Å². The van der Waals surface area contributed by atoms with Crippen LogP contribution in [0.2, 0.25) is 0 Å². The van der Waals surface area contributed by atoms with Crippen LogP contribution in [-0.2, 0) is 9.53 Å². The third-order valence-electron chi connectivity index (χ3n) is 4.46. The number of amides is 1. The monoisotopic (exact) mass is 308 g/mol. The smallest absolute Gasteiger partial charge is 0.225 e. The van der Waals surface area contributed by atoms with Gasteiger partial charge in [-0.3, -0.25) is 4.79 Å². The van der Waals surface area contributed by atoms with Crippen LogP contribution in [0.1, 0.15) is 43.7 Å². The number of likely N-dealkylation sites (tertiary alicyclic amines) is 1. The summed E-state index contributed by atoms with van der Waals surface area (Å²) in [6.45, 7) is 3.53. The number of rotatable bonds is 5. The molecule has 1 amide bonds. The van der Waals surface area contributed by atoms with Gasteiger partial charge in [-0.05, 0) is 61.2 Å². The maximum Gasteiger partial charge on any atom is 0.225 e. The summed E-state index contributed by atoms with van der Waals surface area (Å²) in [5, 5.41) is 7.59. The van der Waals surface area contributed by atoms with E-state index in [1.165, 1.54) is 5.56 Å². The van der Waals surface area contributed by atoms with Crippen molar-refractivity contribution in [2.24, 2.45) is 0 Å². The highest BCUT2D eigenvalue weighted by atomic mass is 32.1. The molecule has 21 heavy (non-hydrogen) atoms. The lowest BCUT2D eigenvalue weighted by molar-refractivity contribution is -0.133. The molecule has 1 N–H and O–H groups in total. The van der Waals surface area contributed by atoms with Crippen LogP contribution < -0.4 is 5.32 Å². The highest BCUT2D eigenvalue weighted by Gasteiger charge is 2.29. The molecule has 0 bridgehead atoms. The van der Waals surface area contributed by atoms with E-state index in [2.05, 4.69) is 22.1 Å². The second-order valence-electron chi connectivity index (χ2n) is 5.87. The van der Waals surface area contributed by atoms with Crippen molar-refractivity contribution in [2.75, 3.05) is 26.2 Å². The van der Waals surface area contributed by atoms with Crippen molar-refractivity contribution in [1.29, 1.82) is 0 Å². The first-order valence-corrected chi connectivity index (χ1v) is 8.93. The van der Waals surface area contributed by atoms with Crippen LogP contribution in [0, 0.1) is 0 Å². The molecule has 0 saturated carbocycles. The van der Waals surface area contributed by atoms with Gasteiger partial charge in [-0.1, -0.05) is 0 Å². The SMILES string of the molecule is O=C(CCOC1CCNCC1)N1CCCC1c1ccsc1. The van der Waals surface area contributed by atoms with Crippen LogP contribution in [0.4, 0.5) is 0 Å². The first kappa shape index (κ1) is 15.0. The highest BCUT2D eigenvalue weighted by Crippen LogP contribution is 2.33. The van der Waals surface area contributed by atoms with Gasteiger partial charge in [0.1, 0.15) is 0 Å². The van der Waals surface area contributed by atoms with E-state index < -0.39 is 0 Å². The van der Waals surface area contributed by atoms with Crippen molar-refractivity contribution in [2.45, 2.75) is 44.2 Å².